The van der Waals surface area contributed by atoms with Crippen molar-refractivity contribution in [2.45, 2.75) is 20.0 Å². The van der Waals surface area contributed by atoms with Gasteiger partial charge in [0.2, 0.25) is 0 Å². The lowest BCUT2D eigenvalue weighted by Crippen LogP contribution is -2.18. The lowest BCUT2D eigenvalue weighted by atomic mass is 10.2. The number of nitrogens with one attached hydrogen (secondary N) is 1. The minimum Gasteiger partial charge on any atom is -0.346 e. The van der Waals surface area contributed by atoms with Crippen LogP contribution in [-0.2, 0) is 13.1 Å². The molecule has 0 saturated heterocycles. The third kappa shape index (κ3) is 3.06. The van der Waals surface area contributed by atoms with Gasteiger partial charge in [-0.1, -0.05) is 17.7 Å². The quantitative estimate of drug-likeness (QED) is 0.689. The molecule has 0 aliphatic rings. The first kappa shape index (κ1) is 13.7. The smallest absolute Gasteiger partial charge is 0.0495 e. The van der Waals surface area contributed by atoms with Crippen molar-refractivity contribution < 1.29 is 0 Å². The fraction of sp³-hybridized carbons (Fsp3) is 0.250. The minimum atomic E-state index is 0.791. The lowest BCUT2D eigenvalue weighted by Gasteiger charge is -2.07. The molecule has 0 amide bonds. The van der Waals surface area contributed by atoms with Crippen LogP contribution in [0, 0.1) is 6.92 Å². The number of hydrogen-bond acceptors (Lipinski definition) is 2. The summed E-state index contributed by atoms with van der Waals surface area (Å²) in [6.07, 6.45) is 2.12. The third-order valence-electron chi connectivity index (χ3n) is 3.36. The molecule has 0 aliphatic carbocycles. The Morgan fingerprint density at radius 2 is 2.10 bits per heavy atom. The Labute approximate surface area is 128 Å². The molecule has 1 N–H and O–H groups in total. The first-order chi connectivity index (χ1) is 9.72. The molecule has 20 heavy (non-hydrogen) atoms. The molecule has 0 spiro atoms. The van der Waals surface area contributed by atoms with Crippen molar-refractivity contribution in [2.24, 2.45) is 0 Å². The lowest BCUT2D eigenvalue weighted by molar-refractivity contribution is 0.613. The first-order valence-corrected chi connectivity index (χ1v) is 7.92. The SMILES string of the molecule is Cc1ccc(CNCCn2ccc3ccc(Cl)cc32)s1. The molecule has 2 heterocycles. The molecule has 104 valence electrons. The summed E-state index contributed by atoms with van der Waals surface area (Å²) in [6.45, 7) is 4.99. The van der Waals surface area contributed by atoms with E-state index in [0.717, 1.165) is 24.7 Å². The Balaban J connectivity index is 1.58. The van der Waals surface area contributed by atoms with Crippen LogP contribution in [0.25, 0.3) is 10.9 Å². The van der Waals surface area contributed by atoms with Crippen LogP contribution in [-0.4, -0.2) is 11.1 Å². The van der Waals surface area contributed by atoms with E-state index in [-0.39, 0.29) is 0 Å². The topological polar surface area (TPSA) is 17.0 Å². The van der Waals surface area contributed by atoms with Crippen LogP contribution >= 0.6 is 22.9 Å². The second kappa shape index (κ2) is 6.00. The molecule has 4 heteroatoms. The van der Waals surface area contributed by atoms with E-state index in [1.54, 1.807) is 0 Å². The van der Waals surface area contributed by atoms with E-state index in [4.69, 9.17) is 11.6 Å². The zero-order valence-electron chi connectivity index (χ0n) is 11.4. The monoisotopic (exact) mass is 304 g/mol. The number of benzene rings is 1. The van der Waals surface area contributed by atoms with E-state index in [1.165, 1.54) is 20.7 Å². The van der Waals surface area contributed by atoms with E-state index in [9.17, 15) is 0 Å². The fourth-order valence-electron chi connectivity index (χ4n) is 2.34. The second-order valence-electron chi connectivity index (χ2n) is 4.90. The second-order valence-corrected chi connectivity index (χ2v) is 6.71. The van der Waals surface area contributed by atoms with Gasteiger partial charge >= 0.3 is 0 Å². The van der Waals surface area contributed by atoms with Gasteiger partial charge in [-0.15, -0.1) is 11.3 Å². The molecule has 0 unspecified atom stereocenters. The van der Waals surface area contributed by atoms with Crippen LogP contribution in [0.3, 0.4) is 0 Å². The minimum absolute atomic E-state index is 0.791. The predicted molar refractivity (Wildman–Crippen MR) is 87.7 cm³/mol. The summed E-state index contributed by atoms with van der Waals surface area (Å²) in [4.78, 5) is 2.76. The van der Waals surface area contributed by atoms with Gasteiger partial charge in [0.15, 0.2) is 0 Å². The number of hydrogen-bond donors (Lipinski definition) is 1. The van der Waals surface area contributed by atoms with Gasteiger partial charge in [-0.2, -0.15) is 0 Å². The zero-order chi connectivity index (χ0) is 13.9. The highest BCUT2D eigenvalue weighted by atomic mass is 35.5. The van der Waals surface area contributed by atoms with Gasteiger partial charge in [-0.25, -0.2) is 0 Å². The molecule has 0 aliphatic heterocycles. The van der Waals surface area contributed by atoms with Crippen molar-refractivity contribution in [3.8, 4) is 0 Å². The highest BCUT2D eigenvalue weighted by Gasteiger charge is 2.02. The maximum absolute atomic E-state index is 6.06. The number of halogens is 1. The van der Waals surface area contributed by atoms with Crippen molar-refractivity contribution >= 4 is 33.8 Å². The number of aryl methyl sites for hydroxylation is 1. The summed E-state index contributed by atoms with van der Waals surface area (Å²) >= 11 is 7.92. The van der Waals surface area contributed by atoms with Gasteiger partial charge in [0, 0.05) is 46.1 Å². The number of aromatic nitrogens is 1. The van der Waals surface area contributed by atoms with Crippen LogP contribution < -0.4 is 5.32 Å². The Bertz CT molecular complexity index is 714. The number of rotatable bonds is 5. The van der Waals surface area contributed by atoms with Crippen molar-refractivity contribution in [2.75, 3.05) is 6.54 Å². The van der Waals surface area contributed by atoms with Crippen molar-refractivity contribution in [1.82, 2.24) is 9.88 Å². The van der Waals surface area contributed by atoms with Gasteiger partial charge in [-0.3, -0.25) is 0 Å². The molecule has 2 nitrogen and oxygen atoms in total. The summed E-state index contributed by atoms with van der Waals surface area (Å²) in [5, 5.41) is 5.52. The largest absolute Gasteiger partial charge is 0.346 e. The van der Waals surface area contributed by atoms with E-state index < -0.39 is 0 Å². The summed E-state index contributed by atoms with van der Waals surface area (Å²) < 4.78 is 2.24. The van der Waals surface area contributed by atoms with Crippen LogP contribution in [0.4, 0.5) is 0 Å². The molecule has 0 atom stereocenters. The van der Waals surface area contributed by atoms with Gasteiger partial charge in [0.25, 0.3) is 0 Å². The first-order valence-electron chi connectivity index (χ1n) is 6.73. The molecule has 2 aromatic heterocycles. The van der Waals surface area contributed by atoms with E-state index >= 15 is 0 Å². The third-order valence-corrected chi connectivity index (χ3v) is 4.60. The average Bonchev–Trinajstić information content (AvgIpc) is 3.01. The van der Waals surface area contributed by atoms with Crippen LogP contribution in [0.2, 0.25) is 5.02 Å². The van der Waals surface area contributed by atoms with Crippen LogP contribution in [0.1, 0.15) is 9.75 Å². The maximum Gasteiger partial charge on any atom is 0.0495 e. The Hall–Kier alpha value is -1.29. The fourth-order valence-corrected chi connectivity index (χ4v) is 3.37. The molecule has 3 rings (SSSR count). The molecule has 0 bridgehead atoms. The zero-order valence-corrected chi connectivity index (χ0v) is 13.0. The molecular formula is C16H17ClN2S. The van der Waals surface area contributed by atoms with Crippen LogP contribution in [0.15, 0.2) is 42.6 Å². The van der Waals surface area contributed by atoms with Crippen LogP contribution in [0.5, 0.6) is 0 Å². The summed E-state index contributed by atoms with van der Waals surface area (Å²) in [6, 6.07) is 12.5. The van der Waals surface area contributed by atoms with Gasteiger partial charge in [0.1, 0.15) is 0 Å². The van der Waals surface area contributed by atoms with Crippen molar-refractivity contribution in [3.05, 3.63) is 57.4 Å². The number of nitrogens with zero attached hydrogens (tertiary/aromatic N) is 1. The molecule has 0 saturated carbocycles. The normalized spacial score (nSPS) is 11.3. The Morgan fingerprint density at radius 3 is 2.90 bits per heavy atom. The van der Waals surface area contributed by atoms with Gasteiger partial charge < -0.3 is 9.88 Å². The maximum atomic E-state index is 6.06. The Morgan fingerprint density at radius 1 is 1.20 bits per heavy atom. The molecule has 3 aromatic rings. The van der Waals surface area contributed by atoms with E-state index in [0.29, 0.717) is 0 Å². The van der Waals surface area contributed by atoms with Crippen molar-refractivity contribution in [3.63, 3.8) is 0 Å². The molecule has 0 radical (unpaired) electrons. The number of fused-ring (bicyclic) bond motifs is 1. The average molecular weight is 305 g/mol. The van der Waals surface area contributed by atoms with E-state index in [1.807, 2.05) is 23.5 Å². The Kier molecular flexibility index (Phi) is 4.10. The summed E-state index contributed by atoms with van der Waals surface area (Å²) in [5.74, 6) is 0. The highest BCUT2D eigenvalue weighted by Crippen LogP contribution is 2.20. The summed E-state index contributed by atoms with van der Waals surface area (Å²) in [7, 11) is 0. The van der Waals surface area contributed by atoms with Gasteiger partial charge in [0.05, 0.1) is 0 Å². The molecule has 0 fully saturated rings. The molecule has 1 aromatic carbocycles. The number of thiophene rings is 1. The summed E-state index contributed by atoms with van der Waals surface area (Å²) in [5.41, 5.74) is 1.20. The molecular weight excluding hydrogens is 288 g/mol. The van der Waals surface area contributed by atoms with E-state index in [2.05, 4.69) is 47.3 Å². The van der Waals surface area contributed by atoms with Crippen molar-refractivity contribution in [1.29, 1.82) is 0 Å². The standard InChI is InChI=1S/C16H17ClN2S/c1-12-2-5-15(20-12)11-18-7-9-19-8-6-13-3-4-14(17)10-16(13)19/h2-6,8,10,18H,7,9,11H2,1H3. The van der Waals surface area contributed by atoms with Gasteiger partial charge in [-0.05, 0) is 42.6 Å². The highest BCUT2D eigenvalue weighted by molar-refractivity contribution is 7.11. The predicted octanol–water partition coefficient (Wildman–Crippen LogP) is 4.45.